The molecule has 0 spiro atoms. The molecule has 20 heavy (non-hydrogen) atoms. The van der Waals surface area contributed by atoms with Gasteiger partial charge in [-0.3, -0.25) is 9.69 Å². The minimum absolute atomic E-state index is 0.0939. The molecule has 0 amide bonds. The number of hydrogen-bond acceptors (Lipinski definition) is 4. The van der Waals surface area contributed by atoms with Crippen LogP contribution in [0.5, 0.6) is 0 Å². The Morgan fingerprint density at radius 3 is 2.35 bits per heavy atom. The molecule has 0 radical (unpaired) electrons. The maximum Gasteiger partial charge on any atom is 0.159 e. The van der Waals surface area contributed by atoms with E-state index in [9.17, 15) is 4.79 Å². The van der Waals surface area contributed by atoms with Crippen molar-refractivity contribution in [2.75, 3.05) is 37.6 Å². The summed E-state index contributed by atoms with van der Waals surface area (Å²) in [5.74, 6) is 0.197. The molecule has 1 aromatic carbocycles. The first-order valence-corrected chi connectivity index (χ1v) is 7.08. The number of carbonyl (C=O) groups is 1. The van der Waals surface area contributed by atoms with E-state index >= 15 is 0 Å². The molecule has 1 atom stereocenters. The second-order valence-corrected chi connectivity index (χ2v) is 5.42. The summed E-state index contributed by atoms with van der Waals surface area (Å²) in [6.45, 7) is 8.32. The molecule has 1 heterocycles. The van der Waals surface area contributed by atoms with Crippen molar-refractivity contribution in [1.29, 1.82) is 5.26 Å². The van der Waals surface area contributed by atoms with Crippen LogP contribution in [0.4, 0.5) is 5.69 Å². The molecule has 0 aromatic heterocycles. The summed E-state index contributed by atoms with van der Waals surface area (Å²) in [6, 6.07) is 10.1. The van der Waals surface area contributed by atoms with Gasteiger partial charge in [0.1, 0.15) is 0 Å². The number of nitriles is 1. The van der Waals surface area contributed by atoms with Crippen molar-refractivity contribution < 1.29 is 4.79 Å². The van der Waals surface area contributed by atoms with Crippen molar-refractivity contribution in [3.63, 3.8) is 0 Å². The lowest BCUT2D eigenvalue weighted by Gasteiger charge is -2.36. The van der Waals surface area contributed by atoms with E-state index in [1.807, 2.05) is 31.2 Å². The summed E-state index contributed by atoms with van der Waals surface area (Å²) < 4.78 is 0. The fourth-order valence-corrected chi connectivity index (χ4v) is 2.52. The van der Waals surface area contributed by atoms with Gasteiger partial charge in [0.15, 0.2) is 5.78 Å². The van der Waals surface area contributed by atoms with E-state index in [-0.39, 0.29) is 11.7 Å². The number of benzene rings is 1. The first-order chi connectivity index (χ1) is 9.60. The summed E-state index contributed by atoms with van der Waals surface area (Å²) in [7, 11) is 0. The summed E-state index contributed by atoms with van der Waals surface area (Å²) in [5, 5.41) is 8.85. The van der Waals surface area contributed by atoms with Crippen molar-refractivity contribution in [3.05, 3.63) is 29.8 Å². The van der Waals surface area contributed by atoms with Crippen molar-refractivity contribution in [2.24, 2.45) is 5.92 Å². The normalized spacial score (nSPS) is 17.6. The van der Waals surface area contributed by atoms with Gasteiger partial charge in [-0.25, -0.2) is 0 Å². The van der Waals surface area contributed by atoms with Gasteiger partial charge in [0, 0.05) is 44.0 Å². The highest BCUT2D eigenvalue weighted by Gasteiger charge is 2.18. The van der Waals surface area contributed by atoms with Crippen LogP contribution in [-0.2, 0) is 0 Å². The number of Topliss-reactive ketones (excluding diaryl/α,β-unsaturated/α-hetero) is 1. The number of ketones is 1. The molecule has 1 aliphatic heterocycles. The van der Waals surface area contributed by atoms with Crippen LogP contribution >= 0.6 is 0 Å². The van der Waals surface area contributed by atoms with Crippen LogP contribution in [0.3, 0.4) is 0 Å². The SMILES string of the molecule is CC(=O)c1ccc(N2CCN(C[C@H](C)C#N)CC2)cc1. The van der Waals surface area contributed by atoms with Crippen LogP contribution < -0.4 is 4.90 Å². The lowest BCUT2D eigenvalue weighted by atomic mass is 10.1. The zero-order valence-corrected chi connectivity index (χ0v) is 12.2. The van der Waals surface area contributed by atoms with E-state index in [1.165, 1.54) is 5.69 Å². The molecule has 0 unspecified atom stereocenters. The Kier molecular flexibility index (Phi) is 4.75. The van der Waals surface area contributed by atoms with E-state index in [1.54, 1.807) is 6.92 Å². The Balaban J connectivity index is 1.90. The number of anilines is 1. The summed E-state index contributed by atoms with van der Waals surface area (Å²) in [4.78, 5) is 15.9. The van der Waals surface area contributed by atoms with Gasteiger partial charge in [-0.1, -0.05) is 0 Å². The smallest absolute Gasteiger partial charge is 0.159 e. The van der Waals surface area contributed by atoms with Gasteiger partial charge in [0.05, 0.1) is 12.0 Å². The lowest BCUT2D eigenvalue weighted by molar-refractivity contribution is 0.101. The maximum absolute atomic E-state index is 11.3. The van der Waals surface area contributed by atoms with Crippen molar-refractivity contribution in [3.8, 4) is 6.07 Å². The second-order valence-electron chi connectivity index (χ2n) is 5.42. The Hall–Kier alpha value is -1.86. The van der Waals surface area contributed by atoms with E-state index in [4.69, 9.17) is 5.26 Å². The quantitative estimate of drug-likeness (QED) is 0.787. The largest absolute Gasteiger partial charge is 0.369 e. The monoisotopic (exact) mass is 271 g/mol. The van der Waals surface area contributed by atoms with Crippen LogP contribution in [0.2, 0.25) is 0 Å². The zero-order valence-electron chi connectivity index (χ0n) is 12.2. The van der Waals surface area contributed by atoms with Crippen molar-refractivity contribution in [2.45, 2.75) is 13.8 Å². The molecule has 0 aliphatic carbocycles. The standard InChI is InChI=1S/C16H21N3O/c1-13(11-17)12-18-7-9-19(10-8-18)16-5-3-15(4-6-16)14(2)20/h3-6,13H,7-10,12H2,1-2H3/t13-/m1/s1. The number of rotatable bonds is 4. The maximum atomic E-state index is 11.3. The van der Waals surface area contributed by atoms with Crippen LogP contribution in [0.1, 0.15) is 24.2 Å². The third-order valence-corrected chi connectivity index (χ3v) is 3.76. The molecular formula is C16H21N3O. The Morgan fingerprint density at radius 1 is 1.25 bits per heavy atom. The lowest BCUT2D eigenvalue weighted by Crippen LogP contribution is -2.47. The number of piperazine rings is 1. The minimum atomic E-state index is 0.0939. The Morgan fingerprint density at radius 2 is 1.85 bits per heavy atom. The Bertz CT molecular complexity index is 495. The van der Waals surface area contributed by atoms with Crippen LogP contribution in [-0.4, -0.2) is 43.4 Å². The molecule has 1 saturated heterocycles. The van der Waals surface area contributed by atoms with Gasteiger partial charge < -0.3 is 4.90 Å². The van der Waals surface area contributed by atoms with Crippen LogP contribution in [0.25, 0.3) is 0 Å². The minimum Gasteiger partial charge on any atom is -0.369 e. The number of carbonyl (C=O) groups excluding carboxylic acids is 1. The van der Waals surface area contributed by atoms with E-state index < -0.39 is 0 Å². The molecule has 0 bridgehead atoms. The summed E-state index contributed by atoms with van der Waals surface area (Å²) in [6.07, 6.45) is 0. The van der Waals surface area contributed by atoms with Gasteiger partial charge >= 0.3 is 0 Å². The predicted molar refractivity (Wildman–Crippen MR) is 79.9 cm³/mol. The summed E-state index contributed by atoms with van der Waals surface area (Å²) >= 11 is 0. The first kappa shape index (κ1) is 14.5. The zero-order chi connectivity index (χ0) is 14.5. The highest BCUT2D eigenvalue weighted by atomic mass is 16.1. The molecule has 1 fully saturated rings. The van der Waals surface area contributed by atoms with E-state index in [0.717, 1.165) is 38.3 Å². The fraction of sp³-hybridized carbons (Fsp3) is 0.500. The predicted octanol–water partition coefficient (Wildman–Crippen LogP) is 2.17. The van der Waals surface area contributed by atoms with Crippen molar-refractivity contribution in [1.82, 2.24) is 4.90 Å². The van der Waals surface area contributed by atoms with Gasteiger partial charge in [-0.2, -0.15) is 5.26 Å². The van der Waals surface area contributed by atoms with Crippen LogP contribution in [0, 0.1) is 17.2 Å². The topological polar surface area (TPSA) is 47.3 Å². The van der Waals surface area contributed by atoms with E-state index in [0.29, 0.717) is 0 Å². The Labute approximate surface area is 120 Å². The molecular weight excluding hydrogens is 250 g/mol. The van der Waals surface area contributed by atoms with Gasteiger partial charge in [0.2, 0.25) is 0 Å². The molecule has 1 aliphatic rings. The highest BCUT2D eigenvalue weighted by molar-refractivity contribution is 5.94. The first-order valence-electron chi connectivity index (χ1n) is 7.08. The highest BCUT2D eigenvalue weighted by Crippen LogP contribution is 2.18. The number of hydrogen-bond donors (Lipinski definition) is 0. The van der Waals surface area contributed by atoms with Gasteiger partial charge in [-0.05, 0) is 38.1 Å². The molecule has 2 rings (SSSR count). The van der Waals surface area contributed by atoms with Crippen LogP contribution in [0.15, 0.2) is 24.3 Å². The number of nitrogens with zero attached hydrogens (tertiary/aromatic N) is 3. The second kappa shape index (κ2) is 6.53. The molecule has 4 nitrogen and oxygen atoms in total. The van der Waals surface area contributed by atoms with Gasteiger partial charge in [-0.15, -0.1) is 0 Å². The third-order valence-electron chi connectivity index (χ3n) is 3.76. The van der Waals surface area contributed by atoms with E-state index in [2.05, 4.69) is 15.9 Å². The average Bonchev–Trinajstić information content (AvgIpc) is 2.48. The van der Waals surface area contributed by atoms with Crippen molar-refractivity contribution >= 4 is 11.5 Å². The third kappa shape index (κ3) is 3.58. The molecule has 0 saturated carbocycles. The molecule has 4 heteroatoms. The van der Waals surface area contributed by atoms with Gasteiger partial charge in [0.25, 0.3) is 0 Å². The molecule has 1 aromatic rings. The fourth-order valence-electron chi connectivity index (χ4n) is 2.52. The molecule has 106 valence electrons. The average molecular weight is 271 g/mol. The molecule has 0 N–H and O–H groups in total. The summed E-state index contributed by atoms with van der Waals surface area (Å²) in [5.41, 5.74) is 1.93.